The van der Waals surface area contributed by atoms with Crippen LogP contribution in [0.25, 0.3) is 0 Å². The zero-order valence-electron chi connectivity index (χ0n) is 12.6. The highest BCUT2D eigenvalue weighted by Crippen LogP contribution is 2.35. The molecule has 1 aromatic rings. The van der Waals surface area contributed by atoms with E-state index in [0.29, 0.717) is 24.2 Å². The van der Waals surface area contributed by atoms with Crippen molar-refractivity contribution in [3.8, 4) is 0 Å². The van der Waals surface area contributed by atoms with Crippen LogP contribution in [0.3, 0.4) is 0 Å². The molecular formula is C17H26O. The van der Waals surface area contributed by atoms with E-state index in [1.165, 1.54) is 22.3 Å². The lowest BCUT2D eigenvalue weighted by Gasteiger charge is -2.25. The Bertz CT molecular complexity index is 414. The summed E-state index contributed by atoms with van der Waals surface area (Å²) in [5.74, 6) is 1.51. The van der Waals surface area contributed by atoms with Crippen LogP contribution in [0, 0.1) is 0 Å². The quantitative estimate of drug-likeness (QED) is 0.682. The van der Waals surface area contributed by atoms with Crippen LogP contribution in [0.15, 0.2) is 12.1 Å². The van der Waals surface area contributed by atoms with Crippen molar-refractivity contribution in [2.24, 2.45) is 0 Å². The number of aldehydes is 1. The van der Waals surface area contributed by atoms with Crippen LogP contribution < -0.4 is 0 Å². The summed E-state index contributed by atoms with van der Waals surface area (Å²) in [7, 11) is 0. The molecule has 1 nitrogen and oxygen atoms in total. The number of rotatable bonds is 5. The second-order valence-corrected chi connectivity index (χ2v) is 5.98. The molecule has 0 unspecified atom stereocenters. The molecule has 0 amide bonds. The summed E-state index contributed by atoms with van der Waals surface area (Å²) >= 11 is 0. The third-order valence-electron chi connectivity index (χ3n) is 3.49. The number of hydrogen-bond acceptors (Lipinski definition) is 1. The van der Waals surface area contributed by atoms with E-state index in [1.807, 2.05) is 0 Å². The van der Waals surface area contributed by atoms with E-state index < -0.39 is 0 Å². The van der Waals surface area contributed by atoms with Crippen molar-refractivity contribution >= 4 is 6.29 Å². The molecule has 0 saturated carbocycles. The zero-order chi connectivity index (χ0) is 13.9. The molecule has 0 atom stereocenters. The summed E-state index contributed by atoms with van der Waals surface area (Å²) in [6.45, 7) is 13.4. The molecule has 0 aromatic heterocycles. The molecule has 0 aliphatic rings. The second kappa shape index (κ2) is 6.17. The van der Waals surface area contributed by atoms with Crippen molar-refractivity contribution < 1.29 is 4.79 Å². The van der Waals surface area contributed by atoms with Gasteiger partial charge in [-0.1, -0.05) is 53.7 Å². The summed E-state index contributed by atoms with van der Waals surface area (Å²) in [5, 5.41) is 0. The SMILES string of the molecule is CC(C)c1ccc(CC=O)c(C(C)C)c1C(C)C. The molecule has 1 rings (SSSR count). The Labute approximate surface area is 112 Å². The van der Waals surface area contributed by atoms with Crippen LogP contribution in [0.5, 0.6) is 0 Å². The van der Waals surface area contributed by atoms with Gasteiger partial charge in [0.05, 0.1) is 0 Å². The maximum Gasteiger partial charge on any atom is 0.124 e. The molecule has 0 aliphatic carbocycles. The molecule has 0 heterocycles. The lowest BCUT2D eigenvalue weighted by molar-refractivity contribution is -0.107. The fourth-order valence-corrected chi connectivity index (χ4v) is 2.80. The Morgan fingerprint density at radius 1 is 0.889 bits per heavy atom. The molecule has 1 heteroatoms. The maximum atomic E-state index is 10.8. The average Bonchev–Trinajstić information content (AvgIpc) is 2.27. The van der Waals surface area contributed by atoms with Crippen molar-refractivity contribution in [1.29, 1.82) is 0 Å². The normalized spacial score (nSPS) is 11.6. The minimum atomic E-state index is 0.469. The molecule has 18 heavy (non-hydrogen) atoms. The van der Waals surface area contributed by atoms with Crippen LogP contribution in [0.1, 0.15) is 81.5 Å². The van der Waals surface area contributed by atoms with Gasteiger partial charge in [-0.25, -0.2) is 0 Å². The van der Waals surface area contributed by atoms with Crippen molar-refractivity contribution in [1.82, 2.24) is 0 Å². The van der Waals surface area contributed by atoms with Crippen molar-refractivity contribution in [3.05, 3.63) is 34.4 Å². The minimum Gasteiger partial charge on any atom is -0.303 e. The molecular weight excluding hydrogens is 220 g/mol. The van der Waals surface area contributed by atoms with Gasteiger partial charge >= 0.3 is 0 Å². The van der Waals surface area contributed by atoms with Gasteiger partial charge < -0.3 is 4.79 Å². The molecule has 0 fully saturated rings. The van der Waals surface area contributed by atoms with E-state index in [4.69, 9.17) is 0 Å². The van der Waals surface area contributed by atoms with Crippen LogP contribution in [0.2, 0.25) is 0 Å². The summed E-state index contributed by atoms with van der Waals surface area (Å²) in [6.07, 6.45) is 1.55. The first-order chi connectivity index (χ1) is 8.40. The predicted octanol–water partition coefficient (Wildman–Crippen LogP) is 4.80. The standard InChI is InChI=1S/C17H26O/c1-11(2)15-8-7-14(9-10-18)16(12(3)4)17(15)13(5)6/h7-8,10-13H,9H2,1-6H3. The Morgan fingerprint density at radius 3 is 1.83 bits per heavy atom. The number of carbonyl (C=O) groups excluding carboxylic acids is 1. The smallest absolute Gasteiger partial charge is 0.124 e. The van der Waals surface area contributed by atoms with Gasteiger partial charge in [0.1, 0.15) is 6.29 Å². The van der Waals surface area contributed by atoms with Gasteiger partial charge in [-0.3, -0.25) is 0 Å². The van der Waals surface area contributed by atoms with E-state index in [-0.39, 0.29) is 0 Å². The fraction of sp³-hybridized carbons (Fsp3) is 0.588. The molecule has 0 aliphatic heterocycles. The van der Waals surface area contributed by atoms with Crippen molar-refractivity contribution in [3.63, 3.8) is 0 Å². The Hall–Kier alpha value is -1.11. The third-order valence-corrected chi connectivity index (χ3v) is 3.49. The average molecular weight is 246 g/mol. The van der Waals surface area contributed by atoms with E-state index in [9.17, 15) is 4.79 Å². The number of benzene rings is 1. The summed E-state index contributed by atoms with van der Waals surface area (Å²) in [5.41, 5.74) is 5.49. The van der Waals surface area contributed by atoms with Gasteiger partial charge in [-0.15, -0.1) is 0 Å². The summed E-state index contributed by atoms with van der Waals surface area (Å²) in [4.78, 5) is 10.8. The first-order valence-corrected chi connectivity index (χ1v) is 6.99. The maximum absolute atomic E-state index is 10.8. The third kappa shape index (κ3) is 3.01. The molecule has 0 N–H and O–H groups in total. The van der Waals surface area contributed by atoms with E-state index in [2.05, 4.69) is 53.7 Å². The zero-order valence-corrected chi connectivity index (χ0v) is 12.6. The topological polar surface area (TPSA) is 17.1 Å². The van der Waals surface area contributed by atoms with E-state index >= 15 is 0 Å². The van der Waals surface area contributed by atoms with Crippen LogP contribution >= 0.6 is 0 Å². The van der Waals surface area contributed by atoms with Crippen molar-refractivity contribution in [2.75, 3.05) is 0 Å². The van der Waals surface area contributed by atoms with Gasteiger partial charge in [-0.05, 0) is 40.0 Å². The molecule has 1 aromatic carbocycles. The number of hydrogen-bond donors (Lipinski definition) is 0. The monoisotopic (exact) mass is 246 g/mol. The largest absolute Gasteiger partial charge is 0.303 e. The van der Waals surface area contributed by atoms with Gasteiger partial charge in [0.2, 0.25) is 0 Å². The molecule has 0 radical (unpaired) electrons. The fourth-order valence-electron chi connectivity index (χ4n) is 2.80. The highest BCUT2D eigenvalue weighted by atomic mass is 16.1. The Morgan fingerprint density at radius 2 is 1.44 bits per heavy atom. The molecule has 100 valence electrons. The van der Waals surface area contributed by atoms with E-state index in [1.54, 1.807) is 0 Å². The lowest BCUT2D eigenvalue weighted by atomic mass is 9.80. The molecule has 0 saturated heterocycles. The van der Waals surface area contributed by atoms with Gasteiger partial charge in [0.25, 0.3) is 0 Å². The highest BCUT2D eigenvalue weighted by Gasteiger charge is 2.19. The number of carbonyl (C=O) groups is 1. The van der Waals surface area contributed by atoms with Gasteiger partial charge in [0.15, 0.2) is 0 Å². The lowest BCUT2D eigenvalue weighted by Crippen LogP contribution is -2.09. The molecule has 0 bridgehead atoms. The van der Waals surface area contributed by atoms with Gasteiger partial charge in [0, 0.05) is 6.42 Å². The Kier molecular flexibility index (Phi) is 5.13. The Balaban J connectivity index is 3.54. The van der Waals surface area contributed by atoms with Crippen molar-refractivity contribution in [2.45, 2.75) is 65.7 Å². The summed E-state index contributed by atoms with van der Waals surface area (Å²) < 4.78 is 0. The second-order valence-electron chi connectivity index (χ2n) is 5.98. The predicted molar refractivity (Wildman–Crippen MR) is 78.5 cm³/mol. The van der Waals surface area contributed by atoms with E-state index in [0.717, 1.165) is 6.29 Å². The van der Waals surface area contributed by atoms with Crippen LogP contribution in [0.4, 0.5) is 0 Å². The highest BCUT2D eigenvalue weighted by molar-refractivity contribution is 5.59. The molecule has 0 spiro atoms. The minimum absolute atomic E-state index is 0.469. The summed E-state index contributed by atoms with van der Waals surface area (Å²) in [6, 6.07) is 4.36. The van der Waals surface area contributed by atoms with Crippen LogP contribution in [-0.2, 0) is 11.2 Å². The van der Waals surface area contributed by atoms with Crippen LogP contribution in [-0.4, -0.2) is 6.29 Å². The van der Waals surface area contributed by atoms with Gasteiger partial charge in [-0.2, -0.15) is 0 Å². The first-order valence-electron chi connectivity index (χ1n) is 6.99. The first kappa shape index (κ1) is 14.9.